The number of hydrogen-bond donors (Lipinski definition) is 0. The maximum atomic E-state index is 12.9. The largest absolute Gasteiger partial charge is 0.457 e. The van der Waals surface area contributed by atoms with Crippen molar-refractivity contribution in [3.63, 3.8) is 0 Å². The molecule has 2 aromatic rings. The Morgan fingerprint density at radius 2 is 1.50 bits per heavy atom. The van der Waals surface area contributed by atoms with E-state index in [0.29, 0.717) is 70.3 Å². The molecule has 0 N–H and O–H groups in total. The fourth-order valence-electron chi connectivity index (χ4n) is 3.71. The summed E-state index contributed by atoms with van der Waals surface area (Å²) in [5, 5.41) is 0. The lowest BCUT2D eigenvalue weighted by Gasteiger charge is -2.36. The fourth-order valence-corrected chi connectivity index (χ4v) is 3.71. The van der Waals surface area contributed by atoms with Crippen molar-refractivity contribution in [2.75, 3.05) is 59.0 Å². The van der Waals surface area contributed by atoms with E-state index in [2.05, 4.69) is 4.90 Å². The minimum atomic E-state index is -0.00679. The van der Waals surface area contributed by atoms with Gasteiger partial charge in [-0.2, -0.15) is 0 Å². The van der Waals surface area contributed by atoms with E-state index in [1.165, 1.54) is 0 Å². The molecule has 7 nitrogen and oxygen atoms in total. The maximum Gasteiger partial charge on any atom is 0.254 e. The molecule has 0 aromatic heterocycles. The van der Waals surface area contributed by atoms with Gasteiger partial charge in [0.15, 0.2) is 0 Å². The monoisotopic (exact) mass is 409 g/mol. The number of benzene rings is 2. The molecular formula is C23H27N3O4. The van der Waals surface area contributed by atoms with Crippen LogP contribution in [0.3, 0.4) is 0 Å². The molecule has 2 aliphatic heterocycles. The second-order valence-corrected chi connectivity index (χ2v) is 7.50. The average Bonchev–Trinajstić information content (AvgIpc) is 2.80. The highest BCUT2D eigenvalue weighted by Crippen LogP contribution is 2.22. The molecule has 0 atom stereocenters. The molecule has 2 heterocycles. The van der Waals surface area contributed by atoms with Gasteiger partial charge < -0.3 is 19.3 Å². The third-order valence-electron chi connectivity index (χ3n) is 5.44. The van der Waals surface area contributed by atoms with Gasteiger partial charge in [0.1, 0.15) is 11.5 Å². The van der Waals surface area contributed by atoms with Crippen molar-refractivity contribution in [3.8, 4) is 11.5 Å². The number of carbonyl (C=O) groups is 2. The van der Waals surface area contributed by atoms with Crippen LogP contribution in [0.1, 0.15) is 10.4 Å². The molecule has 2 aliphatic rings. The van der Waals surface area contributed by atoms with E-state index < -0.39 is 0 Å². The smallest absolute Gasteiger partial charge is 0.254 e. The number of morpholine rings is 1. The van der Waals surface area contributed by atoms with Crippen LogP contribution in [-0.2, 0) is 9.53 Å². The highest BCUT2D eigenvalue weighted by molar-refractivity contribution is 5.94. The summed E-state index contributed by atoms with van der Waals surface area (Å²) in [5.41, 5.74) is 0.612. The fraction of sp³-hybridized carbons (Fsp3) is 0.391. The summed E-state index contributed by atoms with van der Waals surface area (Å²) >= 11 is 0. The second-order valence-electron chi connectivity index (χ2n) is 7.50. The number of ether oxygens (including phenoxy) is 2. The van der Waals surface area contributed by atoms with E-state index in [1.54, 1.807) is 6.07 Å². The summed E-state index contributed by atoms with van der Waals surface area (Å²) in [7, 11) is 0. The summed E-state index contributed by atoms with van der Waals surface area (Å²) in [6.45, 7) is 5.57. The normalized spacial score (nSPS) is 17.6. The van der Waals surface area contributed by atoms with E-state index in [-0.39, 0.29) is 11.8 Å². The summed E-state index contributed by atoms with van der Waals surface area (Å²) < 4.78 is 11.1. The maximum absolute atomic E-state index is 12.9. The lowest BCUT2D eigenvalue weighted by Crippen LogP contribution is -2.52. The molecule has 2 amide bonds. The molecule has 0 radical (unpaired) electrons. The molecular weight excluding hydrogens is 382 g/mol. The Bertz CT molecular complexity index is 860. The first kappa shape index (κ1) is 20.4. The van der Waals surface area contributed by atoms with Gasteiger partial charge in [-0.1, -0.05) is 24.3 Å². The first-order valence-corrected chi connectivity index (χ1v) is 10.4. The van der Waals surface area contributed by atoms with E-state index in [4.69, 9.17) is 9.47 Å². The van der Waals surface area contributed by atoms with Gasteiger partial charge in [0.25, 0.3) is 5.91 Å². The van der Waals surface area contributed by atoms with E-state index in [9.17, 15) is 9.59 Å². The molecule has 2 aromatic carbocycles. The Morgan fingerprint density at radius 1 is 0.800 bits per heavy atom. The molecule has 2 fully saturated rings. The van der Waals surface area contributed by atoms with Crippen LogP contribution in [0.5, 0.6) is 11.5 Å². The van der Waals surface area contributed by atoms with Gasteiger partial charge in [0.05, 0.1) is 19.8 Å². The number of piperazine rings is 1. The predicted molar refractivity (Wildman–Crippen MR) is 113 cm³/mol. The topological polar surface area (TPSA) is 62.3 Å². The zero-order valence-corrected chi connectivity index (χ0v) is 17.0. The van der Waals surface area contributed by atoms with E-state index in [1.807, 2.05) is 58.3 Å². The molecule has 2 saturated heterocycles. The van der Waals surface area contributed by atoms with Gasteiger partial charge in [-0.25, -0.2) is 0 Å². The quantitative estimate of drug-likeness (QED) is 0.757. The van der Waals surface area contributed by atoms with Crippen molar-refractivity contribution < 1.29 is 19.1 Å². The Labute approximate surface area is 176 Å². The van der Waals surface area contributed by atoms with Crippen molar-refractivity contribution in [1.82, 2.24) is 14.7 Å². The number of amides is 2. The van der Waals surface area contributed by atoms with Gasteiger partial charge in [-0.15, -0.1) is 0 Å². The molecule has 0 saturated carbocycles. The number of carbonyl (C=O) groups excluding carboxylic acids is 2. The standard InChI is InChI=1S/C23H27N3O4/c27-22(25-13-15-29-16-14-25)18-24-9-11-26(12-10-24)23(28)19-5-4-8-21(17-19)30-20-6-2-1-3-7-20/h1-8,17H,9-16,18H2. The van der Waals surface area contributed by atoms with Gasteiger partial charge in [0, 0.05) is 44.8 Å². The van der Waals surface area contributed by atoms with Crippen molar-refractivity contribution >= 4 is 11.8 Å². The number of hydrogen-bond acceptors (Lipinski definition) is 5. The van der Waals surface area contributed by atoms with Gasteiger partial charge in [0.2, 0.25) is 5.91 Å². The van der Waals surface area contributed by atoms with E-state index in [0.717, 1.165) is 5.75 Å². The number of rotatable bonds is 5. The SMILES string of the molecule is O=C(CN1CCN(C(=O)c2cccc(Oc3ccccc3)c2)CC1)N1CCOCC1. The van der Waals surface area contributed by atoms with Crippen LogP contribution in [0, 0.1) is 0 Å². The van der Waals surface area contributed by atoms with Crippen LogP contribution in [0.2, 0.25) is 0 Å². The third-order valence-corrected chi connectivity index (χ3v) is 5.44. The summed E-state index contributed by atoms with van der Waals surface area (Å²) in [4.78, 5) is 31.2. The van der Waals surface area contributed by atoms with Gasteiger partial charge >= 0.3 is 0 Å². The van der Waals surface area contributed by atoms with Crippen molar-refractivity contribution in [1.29, 1.82) is 0 Å². The first-order chi connectivity index (χ1) is 14.7. The van der Waals surface area contributed by atoms with Crippen LogP contribution in [-0.4, -0.2) is 85.5 Å². The summed E-state index contributed by atoms with van der Waals surface area (Å²) in [6, 6.07) is 16.8. The zero-order chi connectivity index (χ0) is 20.8. The predicted octanol–water partition coefficient (Wildman–Crippen LogP) is 2.10. The highest BCUT2D eigenvalue weighted by atomic mass is 16.5. The molecule has 158 valence electrons. The zero-order valence-electron chi connectivity index (χ0n) is 17.0. The first-order valence-electron chi connectivity index (χ1n) is 10.4. The molecule has 0 unspecified atom stereocenters. The molecule has 30 heavy (non-hydrogen) atoms. The van der Waals surface area contributed by atoms with E-state index >= 15 is 0 Å². The molecule has 0 bridgehead atoms. The van der Waals surface area contributed by atoms with Gasteiger partial charge in [-0.05, 0) is 30.3 Å². The van der Waals surface area contributed by atoms with Gasteiger partial charge in [-0.3, -0.25) is 14.5 Å². The summed E-state index contributed by atoms with van der Waals surface area (Å²) in [5.74, 6) is 1.51. The molecule has 4 rings (SSSR count). The summed E-state index contributed by atoms with van der Waals surface area (Å²) in [6.07, 6.45) is 0. The molecule has 7 heteroatoms. The lowest BCUT2D eigenvalue weighted by molar-refractivity contribution is -0.136. The number of nitrogens with zero attached hydrogens (tertiary/aromatic N) is 3. The van der Waals surface area contributed by atoms with Crippen LogP contribution < -0.4 is 4.74 Å². The Kier molecular flexibility index (Phi) is 6.61. The Balaban J connectivity index is 1.30. The van der Waals surface area contributed by atoms with Crippen molar-refractivity contribution in [2.24, 2.45) is 0 Å². The van der Waals surface area contributed by atoms with Crippen LogP contribution in [0.4, 0.5) is 0 Å². The third kappa shape index (κ3) is 5.17. The van der Waals surface area contributed by atoms with Crippen molar-refractivity contribution in [2.45, 2.75) is 0 Å². The molecule has 0 spiro atoms. The lowest BCUT2D eigenvalue weighted by atomic mass is 10.1. The Hall–Kier alpha value is -2.90. The minimum Gasteiger partial charge on any atom is -0.457 e. The van der Waals surface area contributed by atoms with Crippen LogP contribution in [0.15, 0.2) is 54.6 Å². The molecule has 0 aliphatic carbocycles. The van der Waals surface area contributed by atoms with Crippen LogP contribution >= 0.6 is 0 Å². The average molecular weight is 409 g/mol. The second kappa shape index (κ2) is 9.73. The highest BCUT2D eigenvalue weighted by Gasteiger charge is 2.25. The minimum absolute atomic E-state index is 0.00679. The Morgan fingerprint density at radius 3 is 2.23 bits per heavy atom. The van der Waals surface area contributed by atoms with Crippen LogP contribution in [0.25, 0.3) is 0 Å². The van der Waals surface area contributed by atoms with Crippen molar-refractivity contribution in [3.05, 3.63) is 60.2 Å². The number of para-hydroxylation sites is 1.